The maximum atomic E-state index is 13.1. The molecule has 0 radical (unpaired) electrons. The summed E-state index contributed by atoms with van der Waals surface area (Å²) in [7, 11) is 1.53. The average Bonchev–Trinajstić information content (AvgIpc) is 3.47. The molecular weight excluding hydrogens is 467 g/mol. The highest BCUT2D eigenvalue weighted by Crippen LogP contribution is 2.32. The van der Waals surface area contributed by atoms with Gasteiger partial charge >= 0.3 is 6.18 Å². The van der Waals surface area contributed by atoms with Crippen molar-refractivity contribution >= 4 is 22.3 Å². The predicted octanol–water partition coefficient (Wildman–Crippen LogP) is 5.51. The molecule has 4 heterocycles. The zero-order valence-corrected chi connectivity index (χ0v) is 20.1. The highest BCUT2D eigenvalue weighted by molar-refractivity contribution is 7.14. The third kappa shape index (κ3) is 5.22. The molecule has 0 aliphatic carbocycles. The number of nitrogens with zero attached hydrogens (tertiary/aromatic N) is 6. The van der Waals surface area contributed by atoms with Gasteiger partial charge in [0.05, 0.1) is 30.5 Å². The average molecular weight is 492 g/mol. The fourth-order valence-electron chi connectivity index (χ4n) is 3.21. The molecule has 0 amide bonds. The molecule has 0 saturated carbocycles. The SMILES string of the molecule is COc1nc(-c2csc(Nc3cc(C(C)(C)C)nn3CC(F)(F)F)n2)ccc1-n1cnc(C)c1. The topological polar surface area (TPSA) is 82.7 Å². The minimum Gasteiger partial charge on any atom is -0.479 e. The predicted molar refractivity (Wildman–Crippen MR) is 124 cm³/mol. The van der Waals surface area contributed by atoms with Gasteiger partial charge in [0, 0.05) is 23.1 Å². The molecule has 0 aliphatic rings. The number of hydrogen-bond donors (Lipinski definition) is 1. The first kappa shape index (κ1) is 23.7. The summed E-state index contributed by atoms with van der Waals surface area (Å²) in [5.74, 6) is 0.620. The van der Waals surface area contributed by atoms with Gasteiger partial charge in [0.1, 0.15) is 23.7 Å². The third-order valence-corrected chi connectivity index (χ3v) is 5.66. The second-order valence-electron chi connectivity index (χ2n) is 8.75. The van der Waals surface area contributed by atoms with Gasteiger partial charge < -0.3 is 14.6 Å². The second-order valence-corrected chi connectivity index (χ2v) is 9.61. The molecule has 0 saturated heterocycles. The summed E-state index contributed by atoms with van der Waals surface area (Å²) in [6.07, 6.45) is -0.864. The van der Waals surface area contributed by atoms with Gasteiger partial charge in [-0.25, -0.2) is 19.6 Å². The Morgan fingerprint density at radius 3 is 2.50 bits per heavy atom. The number of hydrogen-bond acceptors (Lipinski definition) is 7. The van der Waals surface area contributed by atoms with Crippen LogP contribution in [0.3, 0.4) is 0 Å². The van der Waals surface area contributed by atoms with Crippen molar-refractivity contribution in [1.82, 2.24) is 29.3 Å². The number of aryl methyl sites for hydroxylation is 1. The standard InChI is InChI=1S/C22H24F3N7OS/c1-13-9-31(12-26-13)16-7-6-14(27-19(16)33-5)15-10-34-20(28-15)29-18-8-17(21(2,3)4)30-32(18)11-22(23,24)25/h6-10,12H,11H2,1-5H3,(H,28,29). The van der Waals surface area contributed by atoms with Crippen molar-refractivity contribution in [2.75, 3.05) is 12.4 Å². The molecule has 8 nitrogen and oxygen atoms in total. The number of thiazole rings is 1. The number of imidazole rings is 1. The lowest BCUT2D eigenvalue weighted by Crippen LogP contribution is -2.21. The highest BCUT2D eigenvalue weighted by Gasteiger charge is 2.31. The van der Waals surface area contributed by atoms with Crippen LogP contribution in [0.15, 0.2) is 36.1 Å². The Balaban J connectivity index is 1.61. The molecule has 4 aromatic heterocycles. The molecule has 4 rings (SSSR count). The second kappa shape index (κ2) is 8.75. The van der Waals surface area contributed by atoms with Gasteiger partial charge in [-0.2, -0.15) is 18.3 Å². The van der Waals surface area contributed by atoms with Crippen LogP contribution in [0.25, 0.3) is 17.1 Å². The van der Waals surface area contributed by atoms with Crippen LogP contribution in [0.1, 0.15) is 32.2 Å². The summed E-state index contributed by atoms with van der Waals surface area (Å²) < 4.78 is 47.5. The molecule has 0 fully saturated rings. The Kier molecular flexibility index (Phi) is 6.11. The number of methoxy groups -OCH3 is 1. The van der Waals surface area contributed by atoms with Crippen LogP contribution in [0, 0.1) is 6.92 Å². The first-order chi connectivity index (χ1) is 15.9. The maximum absolute atomic E-state index is 13.1. The van der Waals surface area contributed by atoms with Gasteiger partial charge in [-0.15, -0.1) is 11.3 Å². The third-order valence-electron chi connectivity index (χ3n) is 4.90. The fourth-order valence-corrected chi connectivity index (χ4v) is 3.92. The number of pyridine rings is 1. The maximum Gasteiger partial charge on any atom is 0.408 e. The van der Waals surface area contributed by atoms with E-state index < -0.39 is 18.1 Å². The van der Waals surface area contributed by atoms with Crippen LogP contribution in [0.2, 0.25) is 0 Å². The van der Waals surface area contributed by atoms with Gasteiger partial charge in [0.25, 0.3) is 0 Å². The van der Waals surface area contributed by atoms with E-state index in [2.05, 4.69) is 25.4 Å². The molecule has 0 bridgehead atoms. The Hall–Kier alpha value is -3.41. The number of anilines is 2. The lowest BCUT2D eigenvalue weighted by Gasteiger charge is -2.14. The molecule has 0 spiro atoms. The lowest BCUT2D eigenvalue weighted by molar-refractivity contribution is -0.142. The van der Waals surface area contributed by atoms with Gasteiger partial charge in [0.15, 0.2) is 5.13 Å². The monoisotopic (exact) mass is 491 g/mol. The quantitative estimate of drug-likeness (QED) is 0.383. The number of alkyl halides is 3. The fraction of sp³-hybridized carbons (Fsp3) is 0.364. The smallest absolute Gasteiger partial charge is 0.408 e. The van der Waals surface area contributed by atoms with Crippen LogP contribution >= 0.6 is 11.3 Å². The van der Waals surface area contributed by atoms with Crippen LogP contribution < -0.4 is 10.1 Å². The molecule has 12 heteroatoms. The molecule has 0 unspecified atom stereocenters. The van der Waals surface area contributed by atoms with E-state index in [1.54, 1.807) is 23.8 Å². The van der Waals surface area contributed by atoms with Crippen molar-refractivity contribution in [2.24, 2.45) is 0 Å². The van der Waals surface area contributed by atoms with E-state index in [-0.39, 0.29) is 5.82 Å². The first-order valence-electron chi connectivity index (χ1n) is 10.4. The molecule has 0 atom stereocenters. The molecule has 34 heavy (non-hydrogen) atoms. The van der Waals surface area contributed by atoms with E-state index in [1.807, 2.05) is 44.5 Å². The summed E-state index contributed by atoms with van der Waals surface area (Å²) in [6.45, 7) is 6.38. The van der Waals surface area contributed by atoms with Crippen LogP contribution in [-0.2, 0) is 12.0 Å². The number of nitrogens with one attached hydrogen (secondary N) is 1. The van der Waals surface area contributed by atoms with Gasteiger partial charge in [-0.05, 0) is 19.1 Å². The van der Waals surface area contributed by atoms with Crippen LogP contribution in [-0.4, -0.2) is 42.6 Å². The van der Waals surface area contributed by atoms with Crippen LogP contribution in [0.5, 0.6) is 5.88 Å². The lowest BCUT2D eigenvalue weighted by atomic mass is 9.92. The van der Waals surface area contributed by atoms with E-state index in [0.717, 1.165) is 16.1 Å². The summed E-state index contributed by atoms with van der Waals surface area (Å²) in [5, 5.41) is 9.35. The largest absolute Gasteiger partial charge is 0.479 e. The van der Waals surface area contributed by atoms with E-state index >= 15 is 0 Å². The minimum absolute atomic E-state index is 0.222. The normalized spacial score (nSPS) is 12.2. The van der Waals surface area contributed by atoms with E-state index in [9.17, 15) is 13.2 Å². The number of halogens is 3. The van der Waals surface area contributed by atoms with Crippen molar-refractivity contribution < 1.29 is 17.9 Å². The van der Waals surface area contributed by atoms with Crippen molar-refractivity contribution in [3.63, 3.8) is 0 Å². The Morgan fingerprint density at radius 1 is 1.12 bits per heavy atom. The van der Waals surface area contributed by atoms with Gasteiger partial charge in [0.2, 0.25) is 5.88 Å². The molecule has 180 valence electrons. The molecule has 1 N–H and O–H groups in total. The molecular formula is C22H24F3N7OS. The summed E-state index contributed by atoms with van der Waals surface area (Å²) in [4.78, 5) is 13.3. The van der Waals surface area contributed by atoms with Crippen molar-refractivity contribution in [3.8, 4) is 23.0 Å². The van der Waals surface area contributed by atoms with Crippen molar-refractivity contribution in [2.45, 2.75) is 45.8 Å². The number of aromatic nitrogens is 6. The van der Waals surface area contributed by atoms with E-state index in [0.29, 0.717) is 28.1 Å². The number of ether oxygens (including phenoxy) is 1. The zero-order chi connectivity index (χ0) is 24.7. The van der Waals surface area contributed by atoms with E-state index in [4.69, 9.17) is 4.74 Å². The summed E-state index contributed by atoms with van der Waals surface area (Å²) >= 11 is 1.26. The van der Waals surface area contributed by atoms with Crippen LogP contribution in [0.4, 0.5) is 24.1 Å². The van der Waals surface area contributed by atoms with Crippen molar-refractivity contribution in [3.05, 3.63) is 47.5 Å². The summed E-state index contributed by atoms with van der Waals surface area (Å²) in [5.41, 5.74) is 2.87. The molecule has 0 aliphatic heterocycles. The van der Waals surface area contributed by atoms with Gasteiger partial charge in [-0.3, -0.25) is 0 Å². The highest BCUT2D eigenvalue weighted by atomic mass is 32.1. The zero-order valence-electron chi connectivity index (χ0n) is 19.3. The summed E-state index contributed by atoms with van der Waals surface area (Å²) in [6, 6.07) is 5.27. The van der Waals surface area contributed by atoms with E-state index in [1.165, 1.54) is 18.4 Å². The molecule has 0 aromatic carbocycles. The Bertz CT molecular complexity index is 1300. The van der Waals surface area contributed by atoms with Gasteiger partial charge in [-0.1, -0.05) is 20.8 Å². The minimum atomic E-state index is -4.40. The number of rotatable bonds is 6. The Labute approximate surface area is 198 Å². The first-order valence-corrected chi connectivity index (χ1v) is 11.2. The Morgan fingerprint density at radius 2 is 1.88 bits per heavy atom. The molecule has 4 aromatic rings. The van der Waals surface area contributed by atoms with Crippen molar-refractivity contribution in [1.29, 1.82) is 0 Å².